The lowest BCUT2D eigenvalue weighted by molar-refractivity contribution is -0.123. The molecular weight excluding hydrogens is 487 g/mol. The van der Waals surface area contributed by atoms with Gasteiger partial charge in [0, 0.05) is 10.6 Å². The molecule has 0 aliphatic carbocycles. The fourth-order valence-electron chi connectivity index (χ4n) is 3.37. The van der Waals surface area contributed by atoms with Gasteiger partial charge >= 0.3 is 5.97 Å². The van der Waals surface area contributed by atoms with Gasteiger partial charge in [0.1, 0.15) is 11.5 Å². The molecule has 0 unspecified atom stereocenters. The number of hydrogen-bond acceptors (Lipinski definition) is 5. The second-order valence-electron chi connectivity index (χ2n) is 7.56. The Hall–Kier alpha value is -3.87. The molecule has 0 saturated heterocycles. The monoisotopic (exact) mass is 506 g/mol. The Balaban J connectivity index is 1.53. The van der Waals surface area contributed by atoms with E-state index in [1.54, 1.807) is 18.2 Å². The van der Waals surface area contributed by atoms with Crippen molar-refractivity contribution in [2.75, 3.05) is 6.61 Å². The van der Waals surface area contributed by atoms with Gasteiger partial charge in [0.05, 0.1) is 16.8 Å². The van der Waals surface area contributed by atoms with E-state index >= 15 is 0 Å². The molecule has 0 saturated carbocycles. The summed E-state index contributed by atoms with van der Waals surface area (Å²) in [6.07, 6.45) is 1.43. The van der Waals surface area contributed by atoms with E-state index in [0.29, 0.717) is 16.3 Å². The van der Waals surface area contributed by atoms with Crippen LogP contribution in [0.5, 0.6) is 11.5 Å². The lowest BCUT2D eigenvalue weighted by atomic mass is 10.0. The summed E-state index contributed by atoms with van der Waals surface area (Å²) in [4.78, 5) is 25.0. The molecule has 6 nitrogen and oxygen atoms in total. The zero-order valence-corrected chi connectivity index (χ0v) is 20.1. The highest BCUT2D eigenvalue weighted by Crippen LogP contribution is 2.29. The summed E-state index contributed by atoms with van der Waals surface area (Å²) < 4.78 is 11.2. The summed E-state index contributed by atoms with van der Waals surface area (Å²) >= 11 is 12.1. The van der Waals surface area contributed by atoms with Gasteiger partial charge in [0.2, 0.25) is 0 Å². The van der Waals surface area contributed by atoms with Crippen molar-refractivity contribution in [2.24, 2.45) is 5.10 Å². The molecular formula is C27H20Cl2N2O4. The van der Waals surface area contributed by atoms with Gasteiger partial charge in [-0.2, -0.15) is 5.10 Å². The van der Waals surface area contributed by atoms with Gasteiger partial charge in [-0.15, -0.1) is 0 Å². The highest BCUT2D eigenvalue weighted by Gasteiger charge is 2.16. The Morgan fingerprint density at radius 2 is 1.71 bits per heavy atom. The van der Waals surface area contributed by atoms with Crippen LogP contribution in [0.2, 0.25) is 10.0 Å². The van der Waals surface area contributed by atoms with E-state index in [1.165, 1.54) is 18.3 Å². The van der Waals surface area contributed by atoms with Crippen LogP contribution in [0, 0.1) is 6.92 Å². The van der Waals surface area contributed by atoms with Gasteiger partial charge in [-0.1, -0.05) is 71.7 Å². The standard InChI is InChI=1S/C27H20Cl2N2O4/c1-17-6-2-5-9-24(17)34-16-26(32)31-30-15-22-20-8-4-3-7-18(20)10-13-25(22)35-27(33)21-12-11-19(28)14-23(21)29/h2-15H,16H2,1H3,(H,31,32)/b30-15+. The molecule has 35 heavy (non-hydrogen) atoms. The number of aryl methyl sites for hydroxylation is 1. The Kier molecular flexibility index (Phi) is 7.65. The minimum absolute atomic E-state index is 0.175. The zero-order chi connectivity index (χ0) is 24.8. The maximum Gasteiger partial charge on any atom is 0.345 e. The number of nitrogens with zero attached hydrogens (tertiary/aromatic N) is 1. The first-order valence-corrected chi connectivity index (χ1v) is 11.4. The number of fused-ring (bicyclic) bond motifs is 1. The van der Waals surface area contributed by atoms with Crippen LogP contribution in [0.4, 0.5) is 0 Å². The van der Waals surface area contributed by atoms with Gasteiger partial charge in [0.25, 0.3) is 5.91 Å². The number of para-hydroxylation sites is 1. The van der Waals surface area contributed by atoms with Crippen molar-refractivity contribution in [2.45, 2.75) is 6.92 Å². The number of rotatable bonds is 7. The van der Waals surface area contributed by atoms with E-state index in [1.807, 2.05) is 55.5 Å². The fraction of sp³-hybridized carbons (Fsp3) is 0.0741. The van der Waals surface area contributed by atoms with Crippen molar-refractivity contribution in [3.05, 3.63) is 106 Å². The summed E-state index contributed by atoms with van der Waals surface area (Å²) in [6, 6.07) is 23.0. The number of hydrogen-bond donors (Lipinski definition) is 1. The number of hydrazone groups is 1. The summed E-state index contributed by atoms with van der Waals surface area (Å²) in [5.74, 6) is -0.201. The maximum atomic E-state index is 12.8. The SMILES string of the molecule is Cc1ccccc1OCC(=O)N/N=C/c1c(OC(=O)c2ccc(Cl)cc2Cl)ccc2ccccc12. The number of carbonyl (C=O) groups excluding carboxylic acids is 2. The normalized spacial score (nSPS) is 10.9. The van der Waals surface area contributed by atoms with E-state index < -0.39 is 11.9 Å². The number of esters is 1. The van der Waals surface area contributed by atoms with Crippen LogP contribution in [0.25, 0.3) is 10.8 Å². The summed E-state index contributed by atoms with van der Waals surface area (Å²) in [6.45, 7) is 1.70. The fourth-order valence-corrected chi connectivity index (χ4v) is 3.86. The lowest BCUT2D eigenvalue weighted by Gasteiger charge is -2.11. The number of carbonyl (C=O) groups is 2. The molecule has 0 heterocycles. The molecule has 4 aromatic rings. The number of halogens is 2. The van der Waals surface area contributed by atoms with Crippen molar-refractivity contribution in [1.29, 1.82) is 0 Å². The van der Waals surface area contributed by atoms with Gasteiger partial charge in [-0.3, -0.25) is 4.79 Å². The third-order valence-electron chi connectivity index (χ3n) is 5.12. The van der Waals surface area contributed by atoms with E-state index in [4.69, 9.17) is 32.7 Å². The van der Waals surface area contributed by atoms with Gasteiger partial charge in [0.15, 0.2) is 6.61 Å². The zero-order valence-electron chi connectivity index (χ0n) is 18.6. The summed E-state index contributed by atoms with van der Waals surface area (Å²) in [5, 5.41) is 6.34. The molecule has 0 aromatic heterocycles. The molecule has 0 aliphatic heterocycles. The molecule has 8 heteroatoms. The Labute approximate surface area is 212 Å². The molecule has 0 spiro atoms. The van der Waals surface area contributed by atoms with Crippen LogP contribution in [0.3, 0.4) is 0 Å². The molecule has 4 aromatic carbocycles. The quantitative estimate of drug-likeness (QED) is 0.140. The first kappa shape index (κ1) is 24.3. The minimum Gasteiger partial charge on any atom is -0.483 e. The molecule has 0 radical (unpaired) electrons. The van der Waals surface area contributed by atoms with Crippen LogP contribution >= 0.6 is 23.2 Å². The van der Waals surface area contributed by atoms with Crippen LogP contribution < -0.4 is 14.9 Å². The minimum atomic E-state index is -0.646. The number of benzene rings is 4. The molecule has 0 aliphatic rings. The molecule has 0 fully saturated rings. The third-order valence-corrected chi connectivity index (χ3v) is 5.67. The number of ether oxygens (including phenoxy) is 2. The van der Waals surface area contributed by atoms with Crippen molar-refractivity contribution >= 4 is 52.1 Å². The molecule has 4 rings (SSSR count). The van der Waals surface area contributed by atoms with E-state index in [9.17, 15) is 9.59 Å². The first-order chi connectivity index (χ1) is 16.9. The van der Waals surface area contributed by atoms with Gasteiger partial charge in [-0.25, -0.2) is 10.2 Å². The molecule has 1 N–H and O–H groups in total. The maximum absolute atomic E-state index is 12.8. The van der Waals surface area contributed by atoms with Crippen LogP contribution in [-0.2, 0) is 4.79 Å². The number of amides is 1. The van der Waals surface area contributed by atoms with Crippen LogP contribution in [0.15, 0.2) is 84.0 Å². The second-order valence-corrected chi connectivity index (χ2v) is 8.40. The highest BCUT2D eigenvalue weighted by molar-refractivity contribution is 6.36. The van der Waals surface area contributed by atoms with E-state index in [0.717, 1.165) is 16.3 Å². The average molecular weight is 507 g/mol. The molecule has 176 valence electrons. The lowest BCUT2D eigenvalue weighted by Crippen LogP contribution is -2.24. The average Bonchev–Trinajstić information content (AvgIpc) is 2.84. The molecule has 1 amide bonds. The Morgan fingerprint density at radius 3 is 2.51 bits per heavy atom. The topological polar surface area (TPSA) is 77.0 Å². The van der Waals surface area contributed by atoms with Crippen LogP contribution in [-0.4, -0.2) is 24.7 Å². The van der Waals surface area contributed by atoms with Gasteiger partial charge < -0.3 is 9.47 Å². The predicted molar refractivity (Wildman–Crippen MR) is 138 cm³/mol. The molecule has 0 atom stereocenters. The second kappa shape index (κ2) is 11.0. The predicted octanol–water partition coefficient (Wildman–Crippen LogP) is 6.20. The van der Waals surface area contributed by atoms with E-state index in [-0.39, 0.29) is 22.9 Å². The molecule has 0 bridgehead atoms. The van der Waals surface area contributed by atoms with Crippen molar-refractivity contribution < 1.29 is 19.1 Å². The third kappa shape index (κ3) is 5.98. The van der Waals surface area contributed by atoms with Crippen LogP contribution in [0.1, 0.15) is 21.5 Å². The van der Waals surface area contributed by atoms with Crippen molar-refractivity contribution in [3.63, 3.8) is 0 Å². The van der Waals surface area contributed by atoms with Crippen molar-refractivity contribution in [3.8, 4) is 11.5 Å². The van der Waals surface area contributed by atoms with Gasteiger partial charge in [-0.05, 0) is 53.6 Å². The Bertz CT molecular complexity index is 1440. The first-order valence-electron chi connectivity index (χ1n) is 10.6. The largest absolute Gasteiger partial charge is 0.483 e. The summed E-state index contributed by atoms with van der Waals surface area (Å²) in [5.41, 5.74) is 4.06. The van der Waals surface area contributed by atoms with E-state index in [2.05, 4.69) is 10.5 Å². The Morgan fingerprint density at radius 1 is 0.943 bits per heavy atom. The number of nitrogens with one attached hydrogen (secondary N) is 1. The van der Waals surface area contributed by atoms with Crippen molar-refractivity contribution in [1.82, 2.24) is 5.43 Å². The highest BCUT2D eigenvalue weighted by atomic mass is 35.5. The summed E-state index contributed by atoms with van der Waals surface area (Å²) in [7, 11) is 0. The smallest absolute Gasteiger partial charge is 0.345 e.